The lowest BCUT2D eigenvalue weighted by Crippen LogP contribution is -2.55. The number of likely N-dealkylation sites (tertiary alicyclic amines) is 1. The molecule has 1 spiro atoms. The molecule has 2 aliphatic rings. The van der Waals surface area contributed by atoms with Crippen molar-refractivity contribution >= 4 is 11.9 Å². The topological polar surface area (TPSA) is 55.9 Å². The van der Waals surface area contributed by atoms with E-state index in [-0.39, 0.29) is 11.9 Å². The fraction of sp³-hybridized carbons (Fsp3) is 0.882. The molecular formula is C17H32N4O2. The molecule has 0 saturated carbocycles. The van der Waals surface area contributed by atoms with E-state index in [0.29, 0.717) is 12.5 Å². The van der Waals surface area contributed by atoms with Crippen LogP contribution < -0.4 is 5.32 Å². The van der Waals surface area contributed by atoms with E-state index in [1.165, 1.54) is 4.90 Å². The molecule has 2 heterocycles. The fourth-order valence-corrected chi connectivity index (χ4v) is 3.63. The van der Waals surface area contributed by atoms with Crippen molar-refractivity contribution in [3.05, 3.63) is 0 Å². The first kappa shape index (κ1) is 18.2. The third-order valence-corrected chi connectivity index (χ3v) is 5.11. The van der Waals surface area contributed by atoms with Gasteiger partial charge in [-0.25, -0.2) is 4.79 Å². The molecule has 0 aromatic carbocycles. The lowest BCUT2D eigenvalue weighted by atomic mass is 9.87. The number of likely N-dealkylation sites (N-methyl/N-ethyl adjacent to an activating group) is 1. The van der Waals surface area contributed by atoms with Crippen molar-refractivity contribution in [3.8, 4) is 0 Å². The predicted molar refractivity (Wildman–Crippen MR) is 91.3 cm³/mol. The largest absolute Gasteiger partial charge is 0.325 e. The van der Waals surface area contributed by atoms with E-state index in [4.69, 9.17) is 0 Å². The summed E-state index contributed by atoms with van der Waals surface area (Å²) in [7, 11) is 0. The summed E-state index contributed by atoms with van der Waals surface area (Å²) in [6.07, 6.45) is 1.46. The number of imide groups is 1. The highest BCUT2D eigenvalue weighted by molar-refractivity contribution is 6.07. The van der Waals surface area contributed by atoms with Gasteiger partial charge < -0.3 is 15.1 Å². The zero-order valence-electron chi connectivity index (χ0n) is 15.1. The number of amides is 3. The average molecular weight is 324 g/mol. The molecule has 0 unspecified atom stereocenters. The third-order valence-electron chi connectivity index (χ3n) is 5.11. The predicted octanol–water partition coefficient (Wildman–Crippen LogP) is 1.37. The van der Waals surface area contributed by atoms with E-state index in [1.54, 1.807) is 0 Å². The zero-order valence-corrected chi connectivity index (χ0v) is 15.1. The second kappa shape index (κ2) is 7.62. The first-order valence-corrected chi connectivity index (χ1v) is 9.00. The Morgan fingerprint density at radius 2 is 1.78 bits per heavy atom. The Labute approximate surface area is 140 Å². The van der Waals surface area contributed by atoms with Crippen molar-refractivity contribution in [2.45, 2.75) is 46.1 Å². The Bertz CT molecular complexity index is 426. The third kappa shape index (κ3) is 4.04. The lowest BCUT2D eigenvalue weighted by Gasteiger charge is -2.38. The van der Waals surface area contributed by atoms with Crippen LogP contribution in [0.2, 0.25) is 0 Å². The molecule has 2 saturated heterocycles. The van der Waals surface area contributed by atoms with Crippen LogP contribution in [0.3, 0.4) is 0 Å². The quantitative estimate of drug-likeness (QED) is 0.719. The summed E-state index contributed by atoms with van der Waals surface area (Å²) in [5.74, 6) is 0.613. The average Bonchev–Trinajstić information content (AvgIpc) is 2.74. The minimum absolute atomic E-state index is 0.0150. The SMILES string of the molecule is CCN(CC)CCN1C(=O)NC2(CCN(CC(C)C)CC2)C1=O. The minimum atomic E-state index is -0.645. The fourth-order valence-electron chi connectivity index (χ4n) is 3.63. The van der Waals surface area contributed by atoms with E-state index in [1.807, 2.05) is 0 Å². The van der Waals surface area contributed by atoms with Crippen molar-refractivity contribution in [2.75, 3.05) is 45.8 Å². The van der Waals surface area contributed by atoms with Crippen molar-refractivity contribution in [2.24, 2.45) is 5.92 Å². The Morgan fingerprint density at radius 3 is 2.30 bits per heavy atom. The Morgan fingerprint density at radius 1 is 1.17 bits per heavy atom. The van der Waals surface area contributed by atoms with Gasteiger partial charge in [-0.3, -0.25) is 9.69 Å². The Kier molecular flexibility index (Phi) is 6.03. The van der Waals surface area contributed by atoms with Crippen LogP contribution in [-0.2, 0) is 4.79 Å². The number of carbonyl (C=O) groups excluding carboxylic acids is 2. The molecule has 0 atom stereocenters. The summed E-state index contributed by atoms with van der Waals surface area (Å²) in [6.45, 7) is 14.6. The molecule has 3 amide bonds. The summed E-state index contributed by atoms with van der Waals surface area (Å²) in [5, 5.41) is 2.99. The number of carbonyl (C=O) groups is 2. The van der Waals surface area contributed by atoms with Gasteiger partial charge in [0.25, 0.3) is 5.91 Å². The van der Waals surface area contributed by atoms with Gasteiger partial charge >= 0.3 is 6.03 Å². The van der Waals surface area contributed by atoms with Crippen molar-refractivity contribution in [1.82, 2.24) is 20.0 Å². The van der Waals surface area contributed by atoms with Crippen molar-refractivity contribution in [1.29, 1.82) is 0 Å². The molecule has 6 heteroatoms. The molecule has 0 radical (unpaired) electrons. The van der Waals surface area contributed by atoms with Crippen LogP contribution in [0.15, 0.2) is 0 Å². The van der Waals surface area contributed by atoms with Gasteiger partial charge in [0.2, 0.25) is 0 Å². The molecule has 2 aliphatic heterocycles. The lowest BCUT2D eigenvalue weighted by molar-refractivity contribution is -0.133. The van der Waals surface area contributed by atoms with E-state index in [2.05, 4.69) is 42.8 Å². The van der Waals surface area contributed by atoms with Gasteiger partial charge in [-0.1, -0.05) is 27.7 Å². The number of rotatable bonds is 7. The smallest absolute Gasteiger partial charge is 0.323 e. The van der Waals surface area contributed by atoms with Crippen LogP contribution in [-0.4, -0.2) is 78.0 Å². The van der Waals surface area contributed by atoms with Gasteiger partial charge in [0, 0.05) is 32.7 Å². The van der Waals surface area contributed by atoms with Gasteiger partial charge in [-0.05, 0) is 31.8 Å². The van der Waals surface area contributed by atoms with Gasteiger partial charge in [0.05, 0.1) is 0 Å². The van der Waals surface area contributed by atoms with Crippen molar-refractivity contribution in [3.63, 3.8) is 0 Å². The summed E-state index contributed by atoms with van der Waals surface area (Å²) in [4.78, 5) is 31.1. The summed E-state index contributed by atoms with van der Waals surface area (Å²) < 4.78 is 0. The normalized spacial score (nSPS) is 21.7. The molecule has 132 valence electrons. The molecule has 0 bridgehead atoms. The molecular weight excluding hydrogens is 292 g/mol. The maximum absolute atomic E-state index is 12.8. The number of hydrogen-bond donors (Lipinski definition) is 1. The highest BCUT2D eigenvalue weighted by atomic mass is 16.2. The van der Waals surface area contributed by atoms with E-state index in [9.17, 15) is 9.59 Å². The highest BCUT2D eigenvalue weighted by Crippen LogP contribution is 2.29. The highest BCUT2D eigenvalue weighted by Gasteiger charge is 2.52. The first-order chi connectivity index (χ1) is 10.9. The van der Waals surface area contributed by atoms with E-state index >= 15 is 0 Å². The van der Waals surface area contributed by atoms with Gasteiger partial charge in [0.15, 0.2) is 0 Å². The Hall–Kier alpha value is -1.14. The van der Waals surface area contributed by atoms with Gasteiger partial charge in [-0.2, -0.15) is 0 Å². The molecule has 2 rings (SSSR count). The second-order valence-electron chi connectivity index (χ2n) is 7.19. The molecule has 1 N–H and O–H groups in total. The first-order valence-electron chi connectivity index (χ1n) is 9.00. The number of nitrogens with one attached hydrogen (secondary N) is 1. The zero-order chi connectivity index (χ0) is 17.0. The van der Waals surface area contributed by atoms with Crippen LogP contribution in [0.1, 0.15) is 40.5 Å². The summed E-state index contributed by atoms with van der Waals surface area (Å²) in [6, 6.07) is -0.209. The molecule has 0 aliphatic carbocycles. The van der Waals surface area contributed by atoms with Crippen LogP contribution >= 0.6 is 0 Å². The number of nitrogens with zero attached hydrogens (tertiary/aromatic N) is 3. The van der Waals surface area contributed by atoms with Gasteiger partial charge in [-0.15, -0.1) is 0 Å². The van der Waals surface area contributed by atoms with E-state index < -0.39 is 5.54 Å². The molecule has 23 heavy (non-hydrogen) atoms. The van der Waals surface area contributed by atoms with Crippen LogP contribution in [0, 0.1) is 5.92 Å². The standard InChI is InChI=1S/C17H32N4O2/c1-5-19(6-2)11-12-21-15(22)17(18-16(21)23)7-9-20(10-8-17)13-14(3)4/h14H,5-13H2,1-4H3,(H,18,23). The number of urea groups is 1. The van der Waals surface area contributed by atoms with Gasteiger partial charge in [0.1, 0.15) is 5.54 Å². The van der Waals surface area contributed by atoms with Crippen LogP contribution in [0.25, 0.3) is 0 Å². The number of hydrogen-bond acceptors (Lipinski definition) is 4. The minimum Gasteiger partial charge on any atom is -0.323 e. The van der Waals surface area contributed by atoms with Crippen molar-refractivity contribution < 1.29 is 9.59 Å². The summed E-state index contributed by atoms with van der Waals surface area (Å²) in [5.41, 5.74) is -0.645. The monoisotopic (exact) mass is 324 g/mol. The molecule has 0 aromatic rings. The van der Waals surface area contributed by atoms with E-state index in [0.717, 1.165) is 52.1 Å². The van der Waals surface area contributed by atoms with Crippen LogP contribution in [0.5, 0.6) is 0 Å². The molecule has 6 nitrogen and oxygen atoms in total. The maximum atomic E-state index is 12.8. The summed E-state index contributed by atoms with van der Waals surface area (Å²) >= 11 is 0. The maximum Gasteiger partial charge on any atom is 0.325 e. The van der Waals surface area contributed by atoms with Crippen LogP contribution in [0.4, 0.5) is 4.79 Å². The molecule has 2 fully saturated rings. The molecule has 0 aromatic heterocycles. The second-order valence-corrected chi connectivity index (χ2v) is 7.19. The number of piperidine rings is 1. The Balaban J connectivity index is 1.93.